The molecule has 1 heterocycles. The van der Waals surface area contributed by atoms with E-state index in [4.69, 9.17) is 4.42 Å². The highest BCUT2D eigenvalue weighted by molar-refractivity contribution is 5.76. The van der Waals surface area contributed by atoms with E-state index in [0.717, 1.165) is 24.1 Å². The average molecular weight is 362 g/mol. The van der Waals surface area contributed by atoms with Gasteiger partial charge >= 0.3 is 0 Å². The molecule has 0 atom stereocenters. The molecule has 0 fully saturated rings. The number of oxazole rings is 1. The Bertz CT molecular complexity index is 864. The van der Waals surface area contributed by atoms with Gasteiger partial charge in [0.1, 0.15) is 6.26 Å². The fourth-order valence-electron chi connectivity index (χ4n) is 2.87. The maximum absolute atomic E-state index is 12.0. The van der Waals surface area contributed by atoms with Gasteiger partial charge in [-0.25, -0.2) is 4.98 Å². The predicted octanol–water partition coefficient (Wildman–Crippen LogP) is 4.50. The van der Waals surface area contributed by atoms with Crippen molar-refractivity contribution in [2.24, 2.45) is 0 Å². The molecule has 1 amide bonds. The molecule has 4 nitrogen and oxygen atoms in total. The number of benzene rings is 2. The van der Waals surface area contributed by atoms with Gasteiger partial charge in [-0.1, -0.05) is 48.9 Å². The highest BCUT2D eigenvalue weighted by atomic mass is 16.3. The van der Waals surface area contributed by atoms with Gasteiger partial charge in [-0.2, -0.15) is 0 Å². The molecule has 27 heavy (non-hydrogen) atoms. The number of aromatic nitrogens is 1. The van der Waals surface area contributed by atoms with E-state index in [9.17, 15) is 4.79 Å². The van der Waals surface area contributed by atoms with Gasteiger partial charge in [0.25, 0.3) is 0 Å². The van der Waals surface area contributed by atoms with Crippen LogP contribution in [-0.4, -0.2) is 17.4 Å². The third kappa shape index (κ3) is 5.55. The molecule has 0 aliphatic carbocycles. The van der Waals surface area contributed by atoms with Crippen LogP contribution in [0.25, 0.3) is 11.5 Å². The lowest BCUT2D eigenvalue weighted by Crippen LogP contribution is -2.25. The largest absolute Gasteiger partial charge is 0.444 e. The molecule has 3 rings (SSSR count). The normalized spacial score (nSPS) is 10.7. The van der Waals surface area contributed by atoms with E-state index in [-0.39, 0.29) is 5.91 Å². The van der Waals surface area contributed by atoms with Crippen LogP contribution in [0.5, 0.6) is 0 Å². The maximum atomic E-state index is 12.0. The Balaban J connectivity index is 1.41. The van der Waals surface area contributed by atoms with Gasteiger partial charge in [0.2, 0.25) is 11.8 Å². The van der Waals surface area contributed by atoms with E-state index in [1.54, 1.807) is 6.26 Å². The van der Waals surface area contributed by atoms with Crippen LogP contribution in [-0.2, 0) is 24.1 Å². The van der Waals surface area contributed by atoms with E-state index in [0.29, 0.717) is 25.3 Å². The zero-order valence-electron chi connectivity index (χ0n) is 16.0. The van der Waals surface area contributed by atoms with Crippen LogP contribution in [0.15, 0.2) is 59.2 Å². The second kappa shape index (κ2) is 9.17. The van der Waals surface area contributed by atoms with Crippen molar-refractivity contribution in [3.8, 4) is 11.5 Å². The number of hydrogen-bond acceptors (Lipinski definition) is 3. The molecule has 0 spiro atoms. The second-order valence-electron chi connectivity index (χ2n) is 6.78. The number of hydrogen-bond donors (Lipinski definition) is 1. The summed E-state index contributed by atoms with van der Waals surface area (Å²) in [6, 6.07) is 16.5. The number of rotatable bonds is 8. The molecule has 0 saturated heterocycles. The van der Waals surface area contributed by atoms with Crippen LogP contribution in [0.1, 0.15) is 35.7 Å². The topological polar surface area (TPSA) is 55.1 Å². The van der Waals surface area contributed by atoms with E-state index in [1.165, 1.54) is 16.7 Å². The molecule has 0 saturated carbocycles. The Morgan fingerprint density at radius 3 is 2.41 bits per heavy atom. The molecule has 4 heteroatoms. The molecular weight excluding hydrogens is 336 g/mol. The minimum Gasteiger partial charge on any atom is -0.444 e. The van der Waals surface area contributed by atoms with E-state index in [2.05, 4.69) is 41.5 Å². The van der Waals surface area contributed by atoms with E-state index < -0.39 is 0 Å². The fraction of sp³-hybridized carbons (Fsp3) is 0.304. The van der Waals surface area contributed by atoms with Crippen LogP contribution in [0.2, 0.25) is 0 Å². The zero-order valence-corrected chi connectivity index (χ0v) is 16.0. The summed E-state index contributed by atoms with van der Waals surface area (Å²) in [5.41, 5.74) is 5.53. The first-order valence-corrected chi connectivity index (χ1v) is 9.50. The first-order valence-electron chi connectivity index (χ1n) is 9.50. The molecule has 140 valence electrons. The van der Waals surface area contributed by atoms with E-state index in [1.807, 2.05) is 31.2 Å². The molecule has 2 aromatic carbocycles. The Kier molecular flexibility index (Phi) is 6.42. The molecule has 1 N–H and O–H groups in total. The van der Waals surface area contributed by atoms with Crippen LogP contribution in [0.3, 0.4) is 0 Å². The second-order valence-corrected chi connectivity index (χ2v) is 6.78. The summed E-state index contributed by atoms with van der Waals surface area (Å²) in [5, 5.41) is 2.96. The molecule has 1 aromatic heterocycles. The van der Waals surface area contributed by atoms with Crippen LogP contribution < -0.4 is 5.32 Å². The number of carbonyl (C=O) groups is 1. The predicted molar refractivity (Wildman–Crippen MR) is 108 cm³/mol. The number of aryl methyl sites for hydroxylation is 3. The van der Waals surface area contributed by atoms with Crippen molar-refractivity contribution in [3.05, 3.63) is 77.2 Å². The molecule has 3 aromatic rings. The van der Waals surface area contributed by atoms with Crippen molar-refractivity contribution < 1.29 is 9.21 Å². The van der Waals surface area contributed by atoms with Gasteiger partial charge in [-0.15, -0.1) is 0 Å². The lowest BCUT2D eigenvalue weighted by Gasteiger charge is -2.05. The highest BCUT2D eigenvalue weighted by Crippen LogP contribution is 2.19. The van der Waals surface area contributed by atoms with Crippen molar-refractivity contribution in [1.29, 1.82) is 0 Å². The fourth-order valence-corrected chi connectivity index (χ4v) is 2.87. The van der Waals surface area contributed by atoms with Gasteiger partial charge in [-0.3, -0.25) is 4.79 Å². The Morgan fingerprint density at radius 2 is 1.70 bits per heavy atom. The zero-order chi connectivity index (χ0) is 19.1. The van der Waals surface area contributed by atoms with Crippen molar-refractivity contribution >= 4 is 5.91 Å². The summed E-state index contributed by atoms with van der Waals surface area (Å²) in [6.45, 7) is 4.75. The summed E-state index contributed by atoms with van der Waals surface area (Å²) in [6.07, 6.45) is 4.62. The van der Waals surface area contributed by atoms with Crippen molar-refractivity contribution in [1.82, 2.24) is 10.3 Å². The number of amides is 1. The van der Waals surface area contributed by atoms with Gasteiger partial charge in [0.05, 0.1) is 5.69 Å². The third-order valence-corrected chi connectivity index (χ3v) is 4.63. The summed E-state index contributed by atoms with van der Waals surface area (Å²) in [5.74, 6) is 0.684. The highest BCUT2D eigenvalue weighted by Gasteiger charge is 2.07. The summed E-state index contributed by atoms with van der Waals surface area (Å²) in [7, 11) is 0. The summed E-state index contributed by atoms with van der Waals surface area (Å²) >= 11 is 0. The van der Waals surface area contributed by atoms with E-state index >= 15 is 0 Å². The van der Waals surface area contributed by atoms with Crippen LogP contribution in [0.4, 0.5) is 0 Å². The Labute approximate surface area is 160 Å². The quantitative estimate of drug-likeness (QED) is 0.642. The first-order chi connectivity index (χ1) is 13.1. The molecule has 0 aliphatic rings. The summed E-state index contributed by atoms with van der Waals surface area (Å²) < 4.78 is 5.55. The molecule has 0 unspecified atom stereocenters. The van der Waals surface area contributed by atoms with Gasteiger partial charge in [0, 0.05) is 24.9 Å². The van der Waals surface area contributed by atoms with Crippen LogP contribution in [0, 0.1) is 6.92 Å². The lowest BCUT2D eigenvalue weighted by molar-refractivity contribution is -0.121. The third-order valence-electron chi connectivity index (χ3n) is 4.63. The smallest absolute Gasteiger partial charge is 0.226 e. The summed E-state index contributed by atoms with van der Waals surface area (Å²) in [4.78, 5) is 16.5. The van der Waals surface area contributed by atoms with Crippen molar-refractivity contribution in [2.75, 3.05) is 6.54 Å². The van der Waals surface area contributed by atoms with Crippen molar-refractivity contribution in [2.45, 2.75) is 39.5 Å². The SMILES string of the molecule is CCc1ccc(CCC(=O)NCCc2coc(-c3ccc(C)cc3)n2)cc1. The Morgan fingerprint density at radius 1 is 1.00 bits per heavy atom. The standard InChI is InChI=1S/C23H26N2O2/c1-3-18-6-8-19(9-7-18)10-13-22(26)24-15-14-21-16-27-23(25-21)20-11-4-17(2)5-12-20/h4-9,11-12,16H,3,10,13-15H2,1-2H3,(H,24,26). The molecule has 0 bridgehead atoms. The van der Waals surface area contributed by atoms with Gasteiger partial charge in [0.15, 0.2) is 0 Å². The lowest BCUT2D eigenvalue weighted by atomic mass is 10.1. The molecule has 0 radical (unpaired) electrons. The van der Waals surface area contributed by atoms with Crippen LogP contribution >= 0.6 is 0 Å². The minimum absolute atomic E-state index is 0.0665. The average Bonchev–Trinajstić information content (AvgIpc) is 3.16. The van der Waals surface area contributed by atoms with Gasteiger partial charge in [-0.05, 0) is 43.0 Å². The number of nitrogens with one attached hydrogen (secondary N) is 1. The molecular formula is C23H26N2O2. The monoisotopic (exact) mass is 362 g/mol. The molecule has 0 aliphatic heterocycles. The number of nitrogens with zero attached hydrogens (tertiary/aromatic N) is 1. The first kappa shape index (κ1) is 18.9. The minimum atomic E-state index is 0.0665. The number of carbonyl (C=O) groups excluding carboxylic acids is 1. The Hall–Kier alpha value is -2.88. The maximum Gasteiger partial charge on any atom is 0.226 e. The van der Waals surface area contributed by atoms with Crippen molar-refractivity contribution in [3.63, 3.8) is 0 Å². The van der Waals surface area contributed by atoms with Gasteiger partial charge < -0.3 is 9.73 Å².